The zero-order valence-corrected chi connectivity index (χ0v) is 12.9. The number of carbonyl (C=O) groups is 1. The van der Waals surface area contributed by atoms with E-state index >= 15 is 0 Å². The van der Waals surface area contributed by atoms with Crippen LogP contribution in [-0.4, -0.2) is 18.6 Å². The summed E-state index contributed by atoms with van der Waals surface area (Å²) in [5, 5.41) is 0. The lowest BCUT2D eigenvalue weighted by Gasteiger charge is -2.61. The number of nitrogens with two attached hydrogens (primary N) is 1. The first-order valence-electron chi connectivity index (χ1n) is 7.98. The molecule has 0 spiro atoms. The van der Waals surface area contributed by atoms with E-state index in [4.69, 9.17) is 10.5 Å². The van der Waals surface area contributed by atoms with Crippen LogP contribution in [0.5, 0.6) is 0 Å². The first kappa shape index (κ1) is 14.6. The largest absolute Gasteiger partial charge is 0.462 e. The molecule has 0 saturated heterocycles. The van der Waals surface area contributed by atoms with Gasteiger partial charge in [0.15, 0.2) is 0 Å². The maximum absolute atomic E-state index is 11.9. The minimum atomic E-state index is -0.231. The number of ether oxygens (including phenoxy) is 1. The van der Waals surface area contributed by atoms with Gasteiger partial charge in [0.25, 0.3) is 0 Å². The molecule has 2 N–H and O–H groups in total. The van der Waals surface area contributed by atoms with Crippen LogP contribution in [0.2, 0.25) is 0 Å². The third kappa shape index (κ3) is 2.59. The average Bonchev–Trinajstić information content (AvgIpc) is 2.49. The predicted molar refractivity (Wildman–Crippen MR) is 82.8 cm³/mol. The lowest BCUT2D eigenvalue weighted by molar-refractivity contribution is -0.108. The molecule has 3 fully saturated rings. The lowest BCUT2D eigenvalue weighted by Crippen LogP contribution is -2.61. The summed E-state index contributed by atoms with van der Waals surface area (Å²) in [5.74, 6) is 1.72. The van der Waals surface area contributed by atoms with E-state index in [9.17, 15) is 4.79 Å². The summed E-state index contributed by atoms with van der Waals surface area (Å²) in [4.78, 5) is 11.9. The number of hydrogen-bond donors (Lipinski definition) is 1. The smallest absolute Gasteiger partial charge is 0.338 e. The Morgan fingerprint density at radius 3 is 2.62 bits per heavy atom. The number of carbonyl (C=O) groups excluding carboxylic acids is 1. The second-order valence-electron chi connectivity index (χ2n) is 7.22. The molecule has 3 aliphatic carbocycles. The fraction of sp³-hybridized carbons (Fsp3) is 0.611. The van der Waals surface area contributed by atoms with Crippen molar-refractivity contribution in [3.8, 4) is 0 Å². The van der Waals surface area contributed by atoms with Gasteiger partial charge in [-0.1, -0.05) is 32.0 Å². The maximum atomic E-state index is 11.9. The van der Waals surface area contributed by atoms with E-state index in [1.54, 1.807) is 12.1 Å². The van der Waals surface area contributed by atoms with Gasteiger partial charge < -0.3 is 10.5 Å². The third-order valence-corrected chi connectivity index (χ3v) is 5.87. The minimum Gasteiger partial charge on any atom is -0.462 e. The van der Waals surface area contributed by atoms with Gasteiger partial charge in [0.1, 0.15) is 0 Å². The highest BCUT2D eigenvalue weighted by Crippen LogP contribution is 2.60. The number of rotatable bonds is 4. The van der Waals surface area contributed by atoms with Crippen LogP contribution in [0.25, 0.3) is 0 Å². The highest BCUT2D eigenvalue weighted by atomic mass is 16.5. The van der Waals surface area contributed by atoms with Gasteiger partial charge in [-0.25, -0.2) is 4.79 Å². The molecule has 114 valence electrons. The Hall–Kier alpha value is -1.35. The second-order valence-corrected chi connectivity index (χ2v) is 7.22. The molecule has 21 heavy (non-hydrogen) atoms. The van der Waals surface area contributed by atoms with E-state index in [-0.39, 0.29) is 12.0 Å². The molecule has 0 heterocycles. The molecule has 0 unspecified atom stereocenters. The van der Waals surface area contributed by atoms with Crippen LogP contribution in [-0.2, 0) is 4.74 Å². The van der Waals surface area contributed by atoms with Gasteiger partial charge in [-0.3, -0.25) is 0 Å². The van der Waals surface area contributed by atoms with E-state index in [2.05, 4.69) is 13.8 Å². The van der Waals surface area contributed by atoms with Crippen molar-refractivity contribution in [2.24, 2.45) is 28.9 Å². The zero-order chi connectivity index (χ0) is 15.0. The van der Waals surface area contributed by atoms with Gasteiger partial charge in [-0.05, 0) is 54.6 Å². The summed E-state index contributed by atoms with van der Waals surface area (Å²) >= 11 is 0. The number of esters is 1. The molecular weight excluding hydrogens is 262 g/mol. The van der Waals surface area contributed by atoms with Crippen molar-refractivity contribution in [1.29, 1.82) is 0 Å². The Morgan fingerprint density at radius 2 is 2.00 bits per heavy atom. The molecule has 0 aliphatic heterocycles. The second kappa shape index (κ2) is 5.45. The molecule has 0 amide bonds. The number of hydrogen-bond acceptors (Lipinski definition) is 3. The van der Waals surface area contributed by atoms with Gasteiger partial charge in [-0.2, -0.15) is 0 Å². The van der Waals surface area contributed by atoms with Crippen LogP contribution in [0.4, 0.5) is 0 Å². The molecule has 2 bridgehead atoms. The third-order valence-electron chi connectivity index (χ3n) is 5.87. The minimum absolute atomic E-state index is 0.231. The molecule has 4 rings (SSSR count). The van der Waals surface area contributed by atoms with Crippen molar-refractivity contribution in [1.82, 2.24) is 0 Å². The Balaban J connectivity index is 1.48. The molecular formula is C18H25NO2. The van der Waals surface area contributed by atoms with Crippen LogP contribution in [0.15, 0.2) is 30.3 Å². The van der Waals surface area contributed by atoms with Crippen LogP contribution in [0.3, 0.4) is 0 Å². The fourth-order valence-corrected chi connectivity index (χ4v) is 4.23. The monoisotopic (exact) mass is 287 g/mol. The van der Waals surface area contributed by atoms with Crippen molar-refractivity contribution in [2.45, 2.75) is 39.2 Å². The Bertz CT molecular complexity index is 511. The predicted octanol–water partition coefficient (Wildman–Crippen LogP) is 3.24. The Labute approximate surface area is 126 Å². The molecule has 0 aromatic heterocycles. The molecule has 3 aliphatic rings. The lowest BCUT2D eigenvalue weighted by atomic mass is 9.45. The summed E-state index contributed by atoms with van der Waals surface area (Å²) < 4.78 is 5.39. The van der Waals surface area contributed by atoms with E-state index in [1.807, 2.05) is 18.2 Å². The molecule has 0 radical (unpaired) electrons. The van der Waals surface area contributed by atoms with E-state index < -0.39 is 0 Å². The van der Waals surface area contributed by atoms with E-state index in [1.165, 1.54) is 12.8 Å². The van der Waals surface area contributed by atoms with Crippen molar-refractivity contribution >= 4 is 5.97 Å². The van der Waals surface area contributed by atoms with Gasteiger partial charge in [-0.15, -0.1) is 0 Å². The van der Waals surface area contributed by atoms with Crippen molar-refractivity contribution in [3.63, 3.8) is 0 Å². The Morgan fingerprint density at radius 1 is 1.29 bits per heavy atom. The first-order valence-corrected chi connectivity index (χ1v) is 7.98. The number of fused-ring (bicyclic) bond motifs is 2. The molecule has 3 saturated carbocycles. The highest BCUT2D eigenvalue weighted by molar-refractivity contribution is 5.89. The molecule has 3 heteroatoms. The van der Waals surface area contributed by atoms with Crippen LogP contribution in [0, 0.1) is 23.2 Å². The zero-order valence-electron chi connectivity index (χ0n) is 12.9. The van der Waals surface area contributed by atoms with Crippen molar-refractivity contribution < 1.29 is 9.53 Å². The normalized spacial score (nSPS) is 33.1. The van der Waals surface area contributed by atoms with Crippen molar-refractivity contribution in [2.75, 3.05) is 6.61 Å². The molecule has 1 aromatic carbocycles. The first-order chi connectivity index (χ1) is 10.00. The quantitative estimate of drug-likeness (QED) is 0.865. The van der Waals surface area contributed by atoms with Gasteiger partial charge in [0, 0.05) is 6.04 Å². The maximum Gasteiger partial charge on any atom is 0.338 e. The summed E-state index contributed by atoms with van der Waals surface area (Å²) in [6, 6.07) is 9.43. The fourth-order valence-electron chi connectivity index (χ4n) is 4.23. The van der Waals surface area contributed by atoms with Gasteiger partial charge >= 0.3 is 5.97 Å². The summed E-state index contributed by atoms with van der Waals surface area (Å²) in [6.07, 6.45) is 3.37. The number of benzene rings is 1. The van der Waals surface area contributed by atoms with E-state index in [0.29, 0.717) is 29.4 Å². The van der Waals surface area contributed by atoms with Gasteiger partial charge in [0.05, 0.1) is 12.2 Å². The topological polar surface area (TPSA) is 52.3 Å². The average molecular weight is 287 g/mol. The Kier molecular flexibility index (Phi) is 3.78. The van der Waals surface area contributed by atoms with Crippen LogP contribution in [0.1, 0.15) is 43.5 Å². The SMILES string of the molecule is CC1(C)[C@H]2C[C@@H](CCOC(=O)c3ccccc3)[C@H](N)[C@@H]1C2. The molecule has 1 aromatic rings. The highest BCUT2D eigenvalue weighted by Gasteiger charge is 2.56. The standard InChI is InChI=1S/C18H25NO2/c1-18(2)14-10-13(16(19)15(18)11-14)8-9-21-17(20)12-6-4-3-5-7-12/h3-7,13-16H,8-11,19H2,1-2H3/t13-,14+,15+,16+/m1/s1. The molecule has 4 atom stereocenters. The van der Waals surface area contributed by atoms with Crippen LogP contribution < -0.4 is 5.73 Å². The van der Waals surface area contributed by atoms with E-state index in [0.717, 1.165) is 12.3 Å². The summed E-state index contributed by atoms with van der Waals surface area (Å²) in [5.41, 5.74) is 7.46. The molecule has 3 nitrogen and oxygen atoms in total. The summed E-state index contributed by atoms with van der Waals surface area (Å²) in [7, 11) is 0. The van der Waals surface area contributed by atoms with Gasteiger partial charge in [0.2, 0.25) is 0 Å². The van der Waals surface area contributed by atoms with Crippen molar-refractivity contribution in [3.05, 3.63) is 35.9 Å². The van der Waals surface area contributed by atoms with Crippen LogP contribution >= 0.6 is 0 Å². The summed E-state index contributed by atoms with van der Waals surface area (Å²) in [6.45, 7) is 5.17.